The molecule has 6 nitrogen and oxygen atoms in total. The second kappa shape index (κ2) is 42.1. The first-order valence-electron chi connectivity index (χ1n) is 22.1. The molecule has 0 bridgehead atoms. The highest BCUT2D eigenvalue weighted by molar-refractivity contribution is 5.71. The number of hydrogen-bond acceptors (Lipinski definition) is 6. The van der Waals surface area contributed by atoms with E-state index >= 15 is 0 Å². The molecule has 0 heterocycles. The molecule has 0 aromatic rings. The van der Waals surface area contributed by atoms with Gasteiger partial charge in [-0.2, -0.15) is 0 Å². The summed E-state index contributed by atoms with van der Waals surface area (Å²) in [6.45, 7) is 6.40. The van der Waals surface area contributed by atoms with E-state index in [-0.39, 0.29) is 31.1 Å². The molecule has 0 aliphatic heterocycles. The van der Waals surface area contributed by atoms with Crippen molar-refractivity contribution in [3.8, 4) is 0 Å². The number of rotatable bonds is 39. The quantitative estimate of drug-likeness (QED) is 0.0270. The second-order valence-corrected chi connectivity index (χ2v) is 14.6. The molecule has 0 saturated carbocycles. The Morgan fingerprint density at radius 2 is 0.736 bits per heavy atom. The predicted octanol–water partition coefficient (Wildman–Crippen LogP) is 14.0. The molecule has 0 amide bonds. The molecule has 0 spiro atoms. The van der Waals surface area contributed by atoms with Crippen LogP contribution in [0.4, 0.5) is 0 Å². The normalized spacial score (nSPS) is 12.4. The van der Waals surface area contributed by atoms with E-state index in [1.807, 2.05) is 0 Å². The van der Waals surface area contributed by atoms with Crippen molar-refractivity contribution >= 4 is 17.9 Å². The van der Waals surface area contributed by atoms with Crippen molar-refractivity contribution in [1.29, 1.82) is 0 Å². The Hall–Kier alpha value is -2.63. The Bertz CT molecular complexity index is 949. The molecule has 0 fully saturated rings. The van der Waals surface area contributed by atoms with Crippen molar-refractivity contribution in [3.05, 3.63) is 48.6 Å². The molecule has 0 rings (SSSR count). The smallest absolute Gasteiger partial charge is 0.306 e. The van der Waals surface area contributed by atoms with Gasteiger partial charge >= 0.3 is 17.9 Å². The molecular weight excluding hydrogens is 661 g/mol. The van der Waals surface area contributed by atoms with Crippen LogP contribution < -0.4 is 0 Å². The van der Waals surface area contributed by atoms with E-state index in [4.69, 9.17) is 14.2 Å². The van der Waals surface area contributed by atoms with Crippen molar-refractivity contribution in [2.75, 3.05) is 13.2 Å². The zero-order valence-corrected chi connectivity index (χ0v) is 34.8. The van der Waals surface area contributed by atoms with Gasteiger partial charge in [0.2, 0.25) is 0 Å². The van der Waals surface area contributed by atoms with Crippen LogP contribution in [0.5, 0.6) is 0 Å². The zero-order chi connectivity index (χ0) is 38.7. The van der Waals surface area contributed by atoms with Crippen LogP contribution >= 0.6 is 0 Å². The molecule has 1 unspecified atom stereocenters. The second-order valence-electron chi connectivity index (χ2n) is 14.6. The summed E-state index contributed by atoms with van der Waals surface area (Å²) in [5.74, 6) is -0.916. The van der Waals surface area contributed by atoms with Crippen molar-refractivity contribution in [2.24, 2.45) is 0 Å². The fourth-order valence-corrected chi connectivity index (χ4v) is 5.98. The van der Waals surface area contributed by atoms with Crippen LogP contribution in [0.15, 0.2) is 48.6 Å². The average molecular weight is 743 g/mol. The number of carbonyl (C=O) groups excluding carboxylic acids is 3. The molecule has 0 N–H and O–H groups in total. The van der Waals surface area contributed by atoms with Gasteiger partial charge in [-0.15, -0.1) is 0 Å². The summed E-state index contributed by atoms with van der Waals surface area (Å²) >= 11 is 0. The Morgan fingerprint density at radius 1 is 0.396 bits per heavy atom. The van der Waals surface area contributed by atoms with Gasteiger partial charge in [0.25, 0.3) is 0 Å². The molecule has 0 radical (unpaired) electrons. The van der Waals surface area contributed by atoms with Gasteiger partial charge in [0.1, 0.15) is 13.2 Å². The van der Waals surface area contributed by atoms with Gasteiger partial charge in [0, 0.05) is 19.3 Å². The fraction of sp³-hybridized carbons (Fsp3) is 0.766. The van der Waals surface area contributed by atoms with Crippen molar-refractivity contribution in [3.63, 3.8) is 0 Å². The predicted molar refractivity (Wildman–Crippen MR) is 224 cm³/mol. The summed E-state index contributed by atoms with van der Waals surface area (Å²) in [6, 6.07) is 0. The van der Waals surface area contributed by atoms with E-state index in [2.05, 4.69) is 69.4 Å². The lowest BCUT2D eigenvalue weighted by Gasteiger charge is -2.18. The highest BCUT2D eigenvalue weighted by Crippen LogP contribution is 2.13. The van der Waals surface area contributed by atoms with E-state index in [0.717, 1.165) is 103 Å². The Morgan fingerprint density at radius 3 is 1.19 bits per heavy atom. The molecule has 0 aromatic carbocycles. The van der Waals surface area contributed by atoms with Crippen LogP contribution in [0, 0.1) is 0 Å². The maximum atomic E-state index is 12.6. The maximum absolute atomic E-state index is 12.6. The van der Waals surface area contributed by atoms with Crippen LogP contribution in [0.2, 0.25) is 0 Å². The lowest BCUT2D eigenvalue weighted by Crippen LogP contribution is -2.30. The molecule has 53 heavy (non-hydrogen) atoms. The minimum absolute atomic E-state index is 0.0806. The highest BCUT2D eigenvalue weighted by Gasteiger charge is 2.19. The van der Waals surface area contributed by atoms with Gasteiger partial charge in [-0.25, -0.2) is 0 Å². The molecule has 0 saturated heterocycles. The van der Waals surface area contributed by atoms with Gasteiger partial charge in [-0.05, 0) is 77.0 Å². The van der Waals surface area contributed by atoms with E-state index in [9.17, 15) is 14.4 Å². The molecule has 0 aliphatic rings. The number of allylic oxidation sites excluding steroid dienone is 8. The van der Waals surface area contributed by atoms with Crippen LogP contribution in [0.3, 0.4) is 0 Å². The van der Waals surface area contributed by atoms with Crippen LogP contribution in [0.1, 0.15) is 213 Å². The van der Waals surface area contributed by atoms with Crippen LogP contribution in [-0.2, 0) is 28.6 Å². The van der Waals surface area contributed by atoms with E-state index in [0.29, 0.717) is 19.3 Å². The third-order valence-electron chi connectivity index (χ3n) is 9.32. The number of hydrogen-bond donors (Lipinski definition) is 0. The molecule has 306 valence electrons. The Balaban J connectivity index is 4.25. The Kier molecular flexibility index (Phi) is 40.0. The van der Waals surface area contributed by atoms with Crippen LogP contribution in [-0.4, -0.2) is 37.2 Å². The summed E-state index contributed by atoms with van der Waals surface area (Å²) in [5.41, 5.74) is 0. The van der Waals surface area contributed by atoms with E-state index < -0.39 is 6.10 Å². The first kappa shape index (κ1) is 50.4. The van der Waals surface area contributed by atoms with Gasteiger partial charge in [0.05, 0.1) is 0 Å². The fourth-order valence-electron chi connectivity index (χ4n) is 5.98. The molecule has 0 aliphatic carbocycles. The standard InChI is InChI=1S/C47H82O6/c1-4-7-10-13-15-17-19-21-22-23-24-26-27-29-31-34-37-40-46(49)52-43-44(42-51-45(48)39-36-33-12-9-6-3)53-47(50)41-38-35-32-30-28-25-20-18-16-14-11-8-5-2/h7,10,15,17-18,20-22,44H,4-6,8-9,11-14,16,19,23-43H2,1-3H3/b10-7-,17-15-,20-18-,22-21-. The molecular formula is C47H82O6. The summed E-state index contributed by atoms with van der Waals surface area (Å²) in [5, 5.41) is 0. The average Bonchev–Trinajstić information content (AvgIpc) is 3.15. The zero-order valence-electron chi connectivity index (χ0n) is 34.8. The van der Waals surface area contributed by atoms with Gasteiger partial charge in [-0.1, -0.05) is 166 Å². The largest absolute Gasteiger partial charge is 0.462 e. The lowest BCUT2D eigenvalue weighted by atomic mass is 10.1. The Labute approximate surface area is 327 Å². The third kappa shape index (κ3) is 40.4. The minimum Gasteiger partial charge on any atom is -0.462 e. The van der Waals surface area contributed by atoms with Gasteiger partial charge in [-0.3, -0.25) is 14.4 Å². The summed E-state index contributed by atoms with van der Waals surface area (Å²) in [4.78, 5) is 37.4. The van der Waals surface area contributed by atoms with Crippen molar-refractivity contribution in [2.45, 2.75) is 219 Å². The summed E-state index contributed by atoms with van der Waals surface area (Å²) < 4.78 is 16.6. The number of ether oxygens (including phenoxy) is 3. The molecule has 6 heteroatoms. The number of carbonyl (C=O) groups is 3. The summed E-state index contributed by atoms with van der Waals surface area (Å²) in [7, 11) is 0. The topological polar surface area (TPSA) is 78.9 Å². The van der Waals surface area contributed by atoms with Gasteiger partial charge < -0.3 is 14.2 Å². The van der Waals surface area contributed by atoms with E-state index in [1.54, 1.807) is 0 Å². The summed E-state index contributed by atoms with van der Waals surface area (Å²) in [6.07, 6.45) is 48.3. The first-order chi connectivity index (χ1) is 26.0. The SMILES string of the molecule is CC/C=C\C/C=C\C/C=C\CCCCCCCCCC(=O)OCC(COC(=O)CCCCCCC)OC(=O)CCCCCCC/C=C\CCCCCC. The molecule has 0 aromatic heterocycles. The van der Waals surface area contributed by atoms with Crippen LogP contribution in [0.25, 0.3) is 0 Å². The van der Waals surface area contributed by atoms with Crippen molar-refractivity contribution in [1.82, 2.24) is 0 Å². The van der Waals surface area contributed by atoms with Gasteiger partial charge in [0.15, 0.2) is 6.10 Å². The monoisotopic (exact) mass is 743 g/mol. The number of unbranched alkanes of at least 4 members (excludes halogenated alkanes) is 20. The first-order valence-corrected chi connectivity index (χ1v) is 22.1. The lowest BCUT2D eigenvalue weighted by molar-refractivity contribution is -0.167. The third-order valence-corrected chi connectivity index (χ3v) is 9.32. The highest BCUT2D eigenvalue weighted by atomic mass is 16.6. The molecule has 1 atom stereocenters. The number of esters is 3. The van der Waals surface area contributed by atoms with E-state index in [1.165, 1.54) is 70.6 Å². The maximum Gasteiger partial charge on any atom is 0.306 e. The minimum atomic E-state index is -0.775. The van der Waals surface area contributed by atoms with Crippen molar-refractivity contribution < 1.29 is 28.6 Å².